The van der Waals surface area contributed by atoms with Crippen molar-refractivity contribution in [1.82, 2.24) is 5.43 Å². The fourth-order valence-corrected chi connectivity index (χ4v) is 2.55. The molecule has 1 amide bonds. The molecular weight excluding hydrogens is 403 g/mol. The van der Waals surface area contributed by atoms with E-state index < -0.39 is 10.8 Å². The van der Waals surface area contributed by atoms with Crippen LogP contribution in [0.4, 0.5) is 15.8 Å². The van der Waals surface area contributed by atoms with Crippen molar-refractivity contribution in [1.29, 1.82) is 0 Å². The average molecular weight is 417 g/mol. The van der Waals surface area contributed by atoms with E-state index in [1.165, 1.54) is 48.7 Å². The Morgan fingerprint density at radius 1 is 1.21 bits per heavy atom. The van der Waals surface area contributed by atoms with Gasteiger partial charge in [-0.05, 0) is 42.5 Å². The molecule has 3 aromatic rings. The molecule has 0 fully saturated rings. The van der Waals surface area contributed by atoms with Gasteiger partial charge in [-0.2, -0.15) is 5.10 Å². The lowest BCUT2D eigenvalue weighted by Gasteiger charge is -2.04. The molecule has 0 radical (unpaired) electrons. The van der Waals surface area contributed by atoms with Crippen LogP contribution >= 0.6 is 11.6 Å². The van der Waals surface area contributed by atoms with E-state index in [0.717, 1.165) is 0 Å². The molecule has 0 aliphatic rings. The van der Waals surface area contributed by atoms with Gasteiger partial charge in [0.1, 0.15) is 17.3 Å². The third-order valence-corrected chi connectivity index (χ3v) is 4.06. The SMILES string of the molecule is O=C(CNc1ccc(F)cc1)N/N=C\c1ccc(-c2cc([N+](=O)[O-])ccc2Cl)o1. The van der Waals surface area contributed by atoms with Gasteiger partial charge in [0.15, 0.2) is 0 Å². The molecule has 0 unspecified atom stereocenters. The van der Waals surface area contributed by atoms with Crippen LogP contribution in [0.1, 0.15) is 5.76 Å². The highest BCUT2D eigenvalue weighted by Crippen LogP contribution is 2.32. The molecule has 0 bridgehead atoms. The van der Waals surface area contributed by atoms with E-state index in [1.54, 1.807) is 12.1 Å². The van der Waals surface area contributed by atoms with Crippen molar-refractivity contribution in [2.45, 2.75) is 0 Å². The lowest BCUT2D eigenvalue weighted by atomic mass is 10.1. The quantitative estimate of drug-likeness (QED) is 0.340. The van der Waals surface area contributed by atoms with Crippen molar-refractivity contribution in [3.05, 3.63) is 81.3 Å². The first-order valence-electron chi connectivity index (χ1n) is 8.28. The smallest absolute Gasteiger partial charge is 0.270 e. The summed E-state index contributed by atoms with van der Waals surface area (Å²) < 4.78 is 18.4. The van der Waals surface area contributed by atoms with Gasteiger partial charge in [0.25, 0.3) is 11.6 Å². The normalized spacial score (nSPS) is 10.8. The maximum absolute atomic E-state index is 12.8. The van der Waals surface area contributed by atoms with Gasteiger partial charge in [0.2, 0.25) is 0 Å². The van der Waals surface area contributed by atoms with E-state index in [1.807, 2.05) is 0 Å². The predicted octanol–water partition coefficient (Wildman–Crippen LogP) is 4.21. The number of hydrogen-bond acceptors (Lipinski definition) is 6. The van der Waals surface area contributed by atoms with Crippen LogP contribution in [0.15, 0.2) is 64.1 Å². The fraction of sp³-hybridized carbons (Fsp3) is 0.0526. The van der Waals surface area contributed by atoms with Gasteiger partial charge in [-0.1, -0.05) is 11.6 Å². The Labute approximate surface area is 169 Å². The van der Waals surface area contributed by atoms with Gasteiger partial charge in [-0.25, -0.2) is 9.82 Å². The summed E-state index contributed by atoms with van der Waals surface area (Å²) in [6.45, 7) is -0.0599. The molecule has 0 saturated carbocycles. The van der Waals surface area contributed by atoms with Gasteiger partial charge in [-0.15, -0.1) is 0 Å². The number of rotatable bonds is 7. The molecule has 0 saturated heterocycles. The van der Waals surface area contributed by atoms with Crippen molar-refractivity contribution in [2.24, 2.45) is 5.10 Å². The van der Waals surface area contributed by atoms with Gasteiger partial charge in [-0.3, -0.25) is 14.9 Å². The molecule has 3 rings (SSSR count). The summed E-state index contributed by atoms with van der Waals surface area (Å²) >= 11 is 6.08. The van der Waals surface area contributed by atoms with E-state index >= 15 is 0 Å². The number of hydrogen-bond donors (Lipinski definition) is 2. The highest BCUT2D eigenvalue weighted by Gasteiger charge is 2.14. The Hall–Kier alpha value is -3.72. The maximum atomic E-state index is 12.8. The number of furan rings is 1. The van der Waals surface area contributed by atoms with E-state index in [-0.39, 0.29) is 18.0 Å². The van der Waals surface area contributed by atoms with Crippen LogP contribution in [0.25, 0.3) is 11.3 Å². The first-order valence-corrected chi connectivity index (χ1v) is 8.65. The van der Waals surface area contributed by atoms with Gasteiger partial charge in [0, 0.05) is 23.4 Å². The number of anilines is 1. The molecule has 8 nitrogen and oxygen atoms in total. The van der Waals surface area contributed by atoms with E-state index in [9.17, 15) is 19.3 Å². The van der Waals surface area contributed by atoms with Crippen LogP contribution in [-0.4, -0.2) is 23.6 Å². The Kier molecular flexibility index (Phi) is 6.20. The second-order valence-electron chi connectivity index (χ2n) is 5.78. The molecule has 1 heterocycles. The lowest BCUT2D eigenvalue weighted by Crippen LogP contribution is -2.25. The van der Waals surface area contributed by atoms with E-state index in [4.69, 9.17) is 16.0 Å². The number of nitrogens with one attached hydrogen (secondary N) is 2. The van der Waals surface area contributed by atoms with Gasteiger partial charge >= 0.3 is 0 Å². The van der Waals surface area contributed by atoms with Crippen LogP contribution in [-0.2, 0) is 4.79 Å². The standard InChI is InChI=1S/C19H14ClFN4O4/c20-17-7-5-14(25(27)28)9-16(17)18-8-6-15(29-18)10-23-24-19(26)11-22-13-3-1-12(21)2-4-13/h1-10,22H,11H2,(H,24,26)/b23-10-. The highest BCUT2D eigenvalue weighted by atomic mass is 35.5. The number of nitro benzene ring substituents is 1. The number of carbonyl (C=O) groups is 1. The second-order valence-corrected chi connectivity index (χ2v) is 6.18. The number of non-ortho nitro benzene ring substituents is 1. The minimum atomic E-state index is -0.527. The number of halogens is 2. The Morgan fingerprint density at radius 3 is 2.69 bits per heavy atom. The average Bonchev–Trinajstić information content (AvgIpc) is 3.16. The molecule has 0 spiro atoms. The summed E-state index contributed by atoms with van der Waals surface area (Å²) in [6, 6.07) is 12.8. The number of benzene rings is 2. The zero-order valence-electron chi connectivity index (χ0n) is 14.8. The predicted molar refractivity (Wildman–Crippen MR) is 106 cm³/mol. The van der Waals surface area contributed by atoms with Crippen LogP contribution in [0.2, 0.25) is 5.02 Å². The number of amides is 1. The van der Waals surface area contributed by atoms with Crippen LogP contribution in [0.5, 0.6) is 0 Å². The zero-order chi connectivity index (χ0) is 20.8. The van der Waals surface area contributed by atoms with E-state index in [2.05, 4.69) is 15.8 Å². The lowest BCUT2D eigenvalue weighted by molar-refractivity contribution is -0.384. The topological polar surface area (TPSA) is 110 Å². The van der Waals surface area contributed by atoms with Crippen molar-refractivity contribution < 1.29 is 18.5 Å². The van der Waals surface area contributed by atoms with Crippen LogP contribution < -0.4 is 10.7 Å². The highest BCUT2D eigenvalue weighted by molar-refractivity contribution is 6.33. The third kappa shape index (κ3) is 5.39. The van der Waals surface area contributed by atoms with E-state index in [0.29, 0.717) is 27.8 Å². The second kappa shape index (κ2) is 8.98. The Bertz CT molecular complexity index is 1070. The Morgan fingerprint density at radius 2 is 1.97 bits per heavy atom. The molecule has 10 heteroatoms. The number of carbonyl (C=O) groups excluding carboxylic acids is 1. The molecule has 1 aromatic heterocycles. The summed E-state index contributed by atoms with van der Waals surface area (Å²) in [4.78, 5) is 22.2. The van der Waals surface area contributed by atoms with Gasteiger partial charge < -0.3 is 9.73 Å². The number of hydrazone groups is 1. The molecule has 0 atom stereocenters. The summed E-state index contributed by atoms with van der Waals surface area (Å²) in [5.41, 5.74) is 3.16. The number of nitrogens with zero attached hydrogens (tertiary/aromatic N) is 2. The maximum Gasteiger partial charge on any atom is 0.270 e. The zero-order valence-corrected chi connectivity index (χ0v) is 15.5. The minimum absolute atomic E-state index is 0.0599. The third-order valence-electron chi connectivity index (χ3n) is 3.73. The van der Waals surface area contributed by atoms with Crippen molar-refractivity contribution >= 4 is 35.1 Å². The first-order chi connectivity index (χ1) is 13.9. The summed E-state index contributed by atoms with van der Waals surface area (Å²) in [5.74, 6) is -0.147. The van der Waals surface area contributed by atoms with Crippen LogP contribution in [0.3, 0.4) is 0 Å². The molecule has 0 aliphatic carbocycles. The largest absolute Gasteiger partial charge is 0.455 e. The van der Waals surface area contributed by atoms with Crippen molar-refractivity contribution in [3.8, 4) is 11.3 Å². The molecule has 2 N–H and O–H groups in total. The molecule has 0 aliphatic heterocycles. The minimum Gasteiger partial charge on any atom is -0.455 e. The molecule has 148 valence electrons. The Balaban J connectivity index is 1.58. The number of nitro groups is 1. The fourth-order valence-electron chi connectivity index (χ4n) is 2.34. The van der Waals surface area contributed by atoms with Crippen LogP contribution in [0, 0.1) is 15.9 Å². The summed E-state index contributed by atoms with van der Waals surface area (Å²) in [7, 11) is 0. The van der Waals surface area contributed by atoms with Crippen molar-refractivity contribution in [2.75, 3.05) is 11.9 Å². The summed E-state index contributed by atoms with van der Waals surface area (Å²) in [6.07, 6.45) is 1.28. The molecular formula is C19H14ClFN4O4. The summed E-state index contributed by atoms with van der Waals surface area (Å²) in [5, 5.41) is 17.8. The molecule has 29 heavy (non-hydrogen) atoms. The molecule has 2 aromatic carbocycles. The van der Waals surface area contributed by atoms with Gasteiger partial charge in [0.05, 0.1) is 22.7 Å². The first kappa shape index (κ1) is 20.0. The monoisotopic (exact) mass is 416 g/mol. The van der Waals surface area contributed by atoms with Crippen molar-refractivity contribution in [3.63, 3.8) is 0 Å².